The molecule has 80 valence electrons. The molecule has 0 saturated heterocycles. The van der Waals surface area contributed by atoms with Crippen LogP contribution in [0.1, 0.15) is 18.9 Å². The van der Waals surface area contributed by atoms with Gasteiger partial charge in [-0.15, -0.1) is 11.3 Å². The summed E-state index contributed by atoms with van der Waals surface area (Å²) in [6.45, 7) is 3.72. The molecule has 1 N–H and O–H groups in total. The smallest absolute Gasteiger partial charge is 0.0701 e. The van der Waals surface area contributed by atoms with Crippen LogP contribution in [0.4, 0.5) is 0 Å². The molecule has 0 aliphatic carbocycles. The Balaban J connectivity index is 2.30. The lowest BCUT2D eigenvalue weighted by molar-refractivity contribution is 0.163. The Kier molecular flexibility index (Phi) is 5.09. The molecular formula is C10H16BrNOS. The number of hydrogen-bond acceptors (Lipinski definition) is 3. The van der Waals surface area contributed by atoms with Crippen LogP contribution in [0.15, 0.2) is 15.2 Å². The van der Waals surface area contributed by atoms with E-state index in [0.29, 0.717) is 0 Å². The van der Waals surface area contributed by atoms with Crippen molar-refractivity contribution in [3.8, 4) is 0 Å². The number of aliphatic hydroxyl groups is 1. The van der Waals surface area contributed by atoms with Crippen LogP contribution in [0.3, 0.4) is 0 Å². The average Bonchev–Trinajstić information content (AvgIpc) is 2.48. The number of hydrogen-bond donors (Lipinski definition) is 1. The Bertz CT molecular complexity index is 275. The highest BCUT2D eigenvalue weighted by atomic mass is 79.9. The lowest BCUT2D eigenvalue weighted by Gasteiger charge is -2.16. The summed E-state index contributed by atoms with van der Waals surface area (Å²) in [7, 11) is 2.08. The van der Waals surface area contributed by atoms with Gasteiger partial charge in [-0.1, -0.05) is 0 Å². The van der Waals surface area contributed by atoms with Crippen molar-refractivity contribution >= 4 is 27.3 Å². The summed E-state index contributed by atoms with van der Waals surface area (Å²) >= 11 is 5.16. The summed E-state index contributed by atoms with van der Waals surface area (Å²) in [5, 5.41) is 11.3. The van der Waals surface area contributed by atoms with Gasteiger partial charge in [0.05, 0.1) is 9.89 Å². The van der Waals surface area contributed by atoms with Gasteiger partial charge in [0, 0.05) is 13.1 Å². The van der Waals surface area contributed by atoms with E-state index < -0.39 is 0 Å². The lowest BCUT2D eigenvalue weighted by atomic mass is 10.2. The van der Waals surface area contributed by atoms with Gasteiger partial charge >= 0.3 is 0 Å². The monoisotopic (exact) mass is 277 g/mol. The lowest BCUT2D eigenvalue weighted by Crippen LogP contribution is -2.21. The molecule has 14 heavy (non-hydrogen) atoms. The molecule has 0 spiro atoms. The standard InChI is InChI=1S/C10H16BrNOS/c1-8(13)3-4-12(2)6-9-5-10(11)14-7-9/h5,7-8,13H,3-4,6H2,1-2H3. The van der Waals surface area contributed by atoms with E-state index in [1.165, 1.54) is 9.35 Å². The van der Waals surface area contributed by atoms with Crippen molar-refractivity contribution < 1.29 is 5.11 Å². The van der Waals surface area contributed by atoms with E-state index in [1.807, 2.05) is 6.92 Å². The SMILES string of the molecule is CC(O)CCN(C)Cc1csc(Br)c1. The third-order valence-electron chi connectivity index (χ3n) is 2.00. The molecule has 1 heterocycles. The molecule has 0 bridgehead atoms. The van der Waals surface area contributed by atoms with Crippen molar-refractivity contribution in [2.75, 3.05) is 13.6 Å². The molecule has 1 unspecified atom stereocenters. The molecule has 0 radical (unpaired) electrons. The van der Waals surface area contributed by atoms with Gasteiger partial charge < -0.3 is 10.0 Å². The van der Waals surface area contributed by atoms with Gasteiger partial charge in [0.15, 0.2) is 0 Å². The van der Waals surface area contributed by atoms with Crippen LogP contribution in [0.5, 0.6) is 0 Å². The minimum atomic E-state index is -0.202. The van der Waals surface area contributed by atoms with Crippen LogP contribution < -0.4 is 0 Å². The van der Waals surface area contributed by atoms with Crippen molar-refractivity contribution in [2.24, 2.45) is 0 Å². The molecule has 4 heteroatoms. The van der Waals surface area contributed by atoms with Crippen molar-refractivity contribution in [1.29, 1.82) is 0 Å². The van der Waals surface area contributed by atoms with E-state index in [0.717, 1.165) is 19.5 Å². The third kappa shape index (κ3) is 4.55. The summed E-state index contributed by atoms with van der Waals surface area (Å²) in [5.74, 6) is 0. The molecular weight excluding hydrogens is 262 g/mol. The fourth-order valence-electron chi connectivity index (χ4n) is 1.23. The predicted molar refractivity (Wildman–Crippen MR) is 64.7 cm³/mol. The number of nitrogens with zero attached hydrogens (tertiary/aromatic N) is 1. The highest BCUT2D eigenvalue weighted by Gasteiger charge is 2.03. The van der Waals surface area contributed by atoms with Gasteiger partial charge in [0.1, 0.15) is 0 Å². The first-order valence-electron chi connectivity index (χ1n) is 4.67. The quantitative estimate of drug-likeness (QED) is 0.895. The molecule has 0 fully saturated rings. The van der Waals surface area contributed by atoms with Crippen molar-refractivity contribution in [1.82, 2.24) is 4.90 Å². The number of thiophene rings is 1. The van der Waals surface area contributed by atoms with Crippen LogP contribution in [0.25, 0.3) is 0 Å². The molecule has 0 aliphatic heterocycles. The van der Waals surface area contributed by atoms with Gasteiger partial charge in [-0.3, -0.25) is 0 Å². The molecule has 1 aromatic rings. The molecule has 0 saturated carbocycles. The largest absolute Gasteiger partial charge is 0.393 e. The first kappa shape index (κ1) is 12.2. The summed E-state index contributed by atoms with van der Waals surface area (Å²) in [6.07, 6.45) is 0.633. The summed E-state index contributed by atoms with van der Waals surface area (Å²) < 4.78 is 1.18. The topological polar surface area (TPSA) is 23.5 Å². The molecule has 0 amide bonds. The maximum absolute atomic E-state index is 9.14. The molecule has 0 aliphatic rings. The van der Waals surface area contributed by atoms with E-state index in [1.54, 1.807) is 11.3 Å². The molecule has 0 aromatic carbocycles. The second-order valence-corrected chi connectivity index (χ2v) is 5.93. The molecule has 1 atom stereocenters. The zero-order valence-electron chi connectivity index (χ0n) is 8.53. The van der Waals surface area contributed by atoms with E-state index in [2.05, 4.69) is 39.3 Å². The van der Waals surface area contributed by atoms with Crippen LogP contribution >= 0.6 is 27.3 Å². The minimum absolute atomic E-state index is 0.202. The van der Waals surface area contributed by atoms with E-state index in [-0.39, 0.29) is 6.10 Å². The Hall–Kier alpha value is 0.100. The van der Waals surface area contributed by atoms with Crippen molar-refractivity contribution in [2.45, 2.75) is 26.0 Å². The molecule has 1 rings (SSSR count). The van der Waals surface area contributed by atoms with Crippen LogP contribution in [-0.4, -0.2) is 29.7 Å². The zero-order valence-corrected chi connectivity index (χ0v) is 10.9. The summed E-state index contributed by atoms with van der Waals surface area (Å²) in [4.78, 5) is 2.22. The van der Waals surface area contributed by atoms with Crippen molar-refractivity contribution in [3.63, 3.8) is 0 Å². The Morgan fingerprint density at radius 2 is 2.36 bits per heavy atom. The summed E-state index contributed by atoms with van der Waals surface area (Å²) in [5.41, 5.74) is 1.33. The second-order valence-electron chi connectivity index (χ2n) is 3.63. The van der Waals surface area contributed by atoms with Gasteiger partial charge in [0.2, 0.25) is 0 Å². The van der Waals surface area contributed by atoms with E-state index >= 15 is 0 Å². The highest BCUT2D eigenvalue weighted by molar-refractivity contribution is 9.11. The third-order valence-corrected chi connectivity index (χ3v) is 3.56. The second kappa shape index (κ2) is 5.85. The number of halogens is 1. The Morgan fingerprint density at radius 1 is 1.64 bits per heavy atom. The van der Waals surface area contributed by atoms with Gasteiger partial charge in [0.25, 0.3) is 0 Å². The van der Waals surface area contributed by atoms with Crippen LogP contribution in [0, 0.1) is 0 Å². The Morgan fingerprint density at radius 3 is 2.86 bits per heavy atom. The fraction of sp³-hybridized carbons (Fsp3) is 0.600. The average molecular weight is 278 g/mol. The van der Waals surface area contributed by atoms with Gasteiger partial charge in [-0.2, -0.15) is 0 Å². The van der Waals surface area contributed by atoms with E-state index in [4.69, 9.17) is 5.11 Å². The maximum Gasteiger partial charge on any atom is 0.0701 e. The fourth-order valence-corrected chi connectivity index (χ4v) is 2.43. The number of aliphatic hydroxyl groups excluding tert-OH is 1. The van der Waals surface area contributed by atoms with Crippen LogP contribution in [0.2, 0.25) is 0 Å². The molecule has 1 aromatic heterocycles. The summed E-state index contributed by atoms with van der Waals surface area (Å²) in [6, 6.07) is 2.14. The Labute approximate surface area is 97.7 Å². The number of rotatable bonds is 5. The van der Waals surface area contributed by atoms with Crippen LogP contribution in [-0.2, 0) is 6.54 Å². The first-order valence-corrected chi connectivity index (χ1v) is 6.34. The highest BCUT2D eigenvalue weighted by Crippen LogP contribution is 2.21. The first-order chi connectivity index (χ1) is 6.58. The van der Waals surface area contributed by atoms with Gasteiger partial charge in [-0.25, -0.2) is 0 Å². The zero-order chi connectivity index (χ0) is 10.6. The predicted octanol–water partition coefficient (Wildman–Crippen LogP) is 2.71. The van der Waals surface area contributed by atoms with E-state index in [9.17, 15) is 0 Å². The normalized spacial score (nSPS) is 13.5. The molecule has 2 nitrogen and oxygen atoms in total. The minimum Gasteiger partial charge on any atom is -0.393 e. The van der Waals surface area contributed by atoms with Crippen molar-refractivity contribution in [3.05, 3.63) is 20.8 Å². The van der Waals surface area contributed by atoms with Gasteiger partial charge in [-0.05, 0) is 53.3 Å². The maximum atomic E-state index is 9.14.